The summed E-state index contributed by atoms with van der Waals surface area (Å²) in [5.74, 6) is 1.20. The molecule has 0 bridgehead atoms. The number of fused-ring (bicyclic) bond motifs is 3. The van der Waals surface area contributed by atoms with Gasteiger partial charge >= 0.3 is 0 Å². The van der Waals surface area contributed by atoms with Crippen LogP contribution in [0.1, 0.15) is 10.4 Å². The van der Waals surface area contributed by atoms with E-state index in [4.69, 9.17) is 9.47 Å². The van der Waals surface area contributed by atoms with Gasteiger partial charge in [-0.05, 0) is 18.2 Å². The number of thiazole rings is 2. The van der Waals surface area contributed by atoms with Gasteiger partial charge < -0.3 is 14.0 Å². The van der Waals surface area contributed by atoms with Crippen LogP contribution in [0.3, 0.4) is 0 Å². The lowest BCUT2D eigenvalue weighted by atomic mass is 10.2. The predicted octanol–water partition coefficient (Wildman–Crippen LogP) is 3.36. The van der Waals surface area contributed by atoms with Crippen molar-refractivity contribution >= 4 is 49.0 Å². The fourth-order valence-electron chi connectivity index (χ4n) is 2.91. The summed E-state index contributed by atoms with van der Waals surface area (Å²) in [5.41, 5.74) is 4.19. The SMILES string of the molecule is Cn1c(=NC(=O)c2ccc3ncsc3c2)sc2cc3c(cc21)OCCO3. The number of aryl methyl sites for hydroxylation is 1. The van der Waals surface area contributed by atoms with Crippen molar-refractivity contribution in [2.75, 3.05) is 13.2 Å². The second-order valence-corrected chi connectivity index (χ2v) is 7.75. The highest BCUT2D eigenvalue weighted by atomic mass is 32.1. The van der Waals surface area contributed by atoms with Crippen molar-refractivity contribution in [1.82, 2.24) is 9.55 Å². The van der Waals surface area contributed by atoms with Gasteiger partial charge in [0.15, 0.2) is 16.3 Å². The maximum Gasteiger partial charge on any atom is 0.279 e. The number of carbonyl (C=O) groups is 1. The normalized spacial score (nSPS) is 14.3. The molecule has 26 heavy (non-hydrogen) atoms. The number of ether oxygens (including phenoxy) is 2. The van der Waals surface area contributed by atoms with E-state index < -0.39 is 0 Å². The average molecular weight is 383 g/mol. The summed E-state index contributed by atoms with van der Waals surface area (Å²) in [6, 6.07) is 9.34. The highest BCUT2D eigenvalue weighted by Crippen LogP contribution is 2.35. The topological polar surface area (TPSA) is 65.7 Å². The quantitative estimate of drug-likeness (QED) is 0.506. The number of hydrogen-bond acceptors (Lipinski definition) is 6. The molecule has 0 saturated carbocycles. The molecule has 0 unspecified atom stereocenters. The Morgan fingerprint density at radius 3 is 2.81 bits per heavy atom. The predicted molar refractivity (Wildman–Crippen MR) is 101 cm³/mol. The zero-order valence-electron chi connectivity index (χ0n) is 13.8. The summed E-state index contributed by atoms with van der Waals surface area (Å²) >= 11 is 2.97. The summed E-state index contributed by atoms with van der Waals surface area (Å²) in [4.78, 5) is 21.8. The molecule has 0 fully saturated rings. The minimum atomic E-state index is -0.264. The number of nitrogens with zero attached hydrogens (tertiary/aromatic N) is 3. The zero-order valence-corrected chi connectivity index (χ0v) is 15.4. The van der Waals surface area contributed by atoms with Gasteiger partial charge in [0.25, 0.3) is 5.91 Å². The highest BCUT2D eigenvalue weighted by molar-refractivity contribution is 7.17. The maximum absolute atomic E-state index is 12.6. The van der Waals surface area contributed by atoms with Crippen LogP contribution in [0.5, 0.6) is 11.5 Å². The van der Waals surface area contributed by atoms with Crippen LogP contribution in [-0.2, 0) is 7.05 Å². The van der Waals surface area contributed by atoms with Crippen molar-refractivity contribution < 1.29 is 14.3 Å². The van der Waals surface area contributed by atoms with Crippen LogP contribution in [0.4, 0.5) is 0 Å². The van der Waals surface area contributed by atoms with Crippen LogP contribution >= 0.6 is 22.7 Å². The smallest absolute Gasteiger partial charge is 0.279 e. The Morgan fingerprint density at radius 2 is 1.96 bits per heavy atom. The summed E-state index contributed by atoms with van der Waals surface area (Å²) in [7, 11) is 1.90. The molecule has 0 N–H and O–H groups in total. The van der Waals surface area contributed by atoms with E-state index in [1.54, 1.807) is 11.6 Å². The van der Waals surface area contributed by atoms with Crippen molar-refractivity contribution in [2.24, 2.45) is 12.0 Å². The molecular formula is C18H13N3O3S2. The number of hydrogen-bond donors (Lipinski definition) is 0. The van der Waals surface area contributed by atoms with E-state index in [9.17, 15) is 4.79 Å². The molecule has 4 aromatic rings. The van der Waals surface area contributed by atoms with E-state index in [1.165, 1.54) is 22.7 Å². The van der Waals surface area contributed by atoms with Crippen LogP contribution in [0, 0.1) is 0 Å². The first-order chi connectivity index (χ1) is 12.7. The van der Waals surface area contributed by atoms with Crippen LogP contribution in [-0.4, -0.2) is 28.7 Å². The van der Waals surface area contributed by atoms with Gasteiger partial charge in [-0.1, -0.05) is 11.3 Å². The molecule has 0 atom stereocenters. The van der Waals surface area contributed by atoms with Gasteiger partial charge in [-0.25, -0.2) is 4.98 Å². The molecule has 0 radical (unpaired) electrons. The standard InChI is InChI=1S/C18H13N3O3S2/c1-21-12-7-13-14(24-5-4-23-13)8-16(12)26-18(21)20-17(22)10-2-3-11-15(6-10)25-9-19-11/h2-3,6-9H,4-5H2,1H3. The lowest BCUT2D eigenvalue weighted by Crippen LogP contribution is -2.15. The fourth-order valence-corrected chi connectivity index (χ4v) is 4.65. The first-order valence-electron chi connectivity index (χ1n) is 8.00. The van der Waals surface area contributed by atoms with Crippen molar-refractivity contribution in [1.29, 1.82) is 0 Å². The summed E-state index contributed by atoms with van der Waals surface area (Å²) in [6.45, 7) is 1.09. The van der Waals surface area contributed by atoms with Gasteiger partial charge in [-0.3, -0.25) is 4.79 Å². The second kappa shape index (κ2) is 5.93. The number of benzene rings is 2. The molecule has 130 valence electrons. The third-order valence-corrected chi connectivity index (χ3v) is 6.14. The van der Waals surface area contributed by atoms with Gasteiger partial charge in [0.05, 0.1) is 25.9 Å². The second-order valence-electron chi connectivity index (χ2n) is 5.86. The van der Waals surface area contributed by atoms with E-state index in [0.717, 1.165) is 31.9 Å². The Kier molecular flexibility index (Phi) is 3.54. The summed E-state index contributed by atoms with van der Waals surface area (Å²) in [6.07, 6.45) is 0. The molecule has 1 aliphatic rings. The molecule has 0 spiro atoms. The largest absolute Gasteiger partial charge is 0.486 e. The molecule has 1 amide bonds. The molecule has 0 aliphatic carbocycles. The van der Waals surface area contributed by atoms with E-state index in [0.29, 0.717) is 23.6 Å². The van der Waals surface area contributed by atoms with Gasteiger partial charge in [0.2, 0.25) is 0 Å². The molecule has 8 heteroatoms. The van der Waals surface area contributed by atoms with Crippen molar-refractivity contribution in [3.8, 4) is 11.5 Å². The van der Waals surface area contributed by atoms with Gasteiger partial charge in [0.1, 0.15) is 13.2 Å². The van der Waals surface area contributed by atoms with Crippen molar-refractivity contribution in [2.45, 2.75) is 0 Å². The van der Waals surface area contributed by atoms with Gasteiger partial charge in [0, 0.05) is 24.7 Å². The Labute approximate surface area is 156 Å². The Morgan fingerprint density at radius 1 is 1.15 bits per heavy atom. The van der Waals surface area contributed by atoms with Crippen molar-refractivity contribution in [3.63, 3.8) is 0 Å². The zero-order chi connectivity index (χ0) is 17.7. The minimum absolute atomic E-state index is 0.264. The van der Waals surface area contributed by atoms with E-state index in [1.807, 2.05) is 35.9 Å². The molecule has 0 saturated heterocycles. The Hall–Kier alpha value is -2.71. The molecular weight excluding hydrogens is 370 g/mol. The Bertz CT molecular complexity index is 1240. The van der Waals surface area contributed by atoms with E-state index >= 15 is 0 Å². The molecule has 6 nitrogen and oxygen atoms in total. The van der Waals surface area contributed by atoms with E-state index in [2.05, 4.69) is 9.98 Å². The fraction of sp³-hybridized carbons (Fsp3) is 0.167. The molecule has 2 aromatic heterocycles. The average Bonchev–Trinajstić information content (AvgIpc) is 3.24. The molecule has 5 rings (SSSR count). The third kappa shape index (κ3) is 2.49. The third-order valence-electron chi connectivity index (χ3n) is 4.25. The number of carbonyl (C=O) groups excluding carboxylic acids is 1. The van der Waals surface area contributed by atoms with Crippen LogP contribution < -0.4 is 14.3 Å². The highest BCUT2D eigenvalue weighted by Gasteiger charge is 2.16. The number of rotatable bonds is 1. The lowest BCUT2D eigenvalue weighted by Gasteiger charge is -2.18. The number of aromatic nitrogens is 2. The Balaban J connectivity index is 1.60. The van der Waals surface area contributed by atoms with E-state index in [-0.39, 0.29) is 5.91 Å². The summed E-state index contributed by atoms with van der Waals surface area (Å²) in [5, 5.41) is 0. The van der Waals surface area contributed by atoms with Crippen LogP contribution in [0.25, 0.3) is 20.4 Å². The molecule has 3 heterocycles. The monoisotopic (exact) mass is 383 g/mol. The maximum atomic E-state index is 12.6. The van der Waals surface area contributed by atoms with Gasteiger partial charge in [-0.2, -0.15) is 4.99 Å². The van der Waals surface area contributed by atoms with Crippen LogP contribution in [0.15, 0.2) is 40.8 Å². The lowest BCUT2D eigenvalue weighted by molar-refractivity contribution is 0.0998. The first kappa shape index (κ1) is 15.5. The van der Waals surface area contributed by atoms with Crippen molar-refractivity contribution in [3.05, 3.63) is 46.2 Å². The van der Waals surface area contributed by atoms with Gasteiger partial charge in [-0.15, -0.1) is 11.3 Å². The molecule has 2 aromatic carbocycles. The summed E-state index contributed by atoms with van der Waals surface area (Å²) < 4.78 is 15.2. The number of amides is 1. The molecule has 1 aliphatic heterocycles. The van der Waals surface area contributed by atoms with Crippen LogP contribution in [0.2, 0.25) is 0 Å². The first-order valence-corrected chi connectivity index (χ1v) is 9.70. The minimum Gasteiger partial charge on any atom is -0.486 e.